The number of halogens is 1. The van der Waals surface area contributed by atoms with Gasteiger partial charge in [0.15, 0.2) is 0 Å². The number of hydrogen-bond acceptors (Lipinski definition) is 2. The molecule has 0 amide bonds. The first-order valence-corrected chi connectivity index (χ1v) is 5.30. The van der Waals surface area contributed by atoms with Gasteiger partial charge in [0.25, 0.3) is 0 Å². The van der Waals surface area contributed by atoms with Gasteiger partial charge < -0.3 is 4.74 Å². The van der Waals surface area contributed by atoms with Crippen molar-refractivity contribution in [3.63, 3.8) is 0 Å². The Morgan fingerprint density at radius 1 is 1.36 bits per heavy atom. The number of methoxy groups -OCH3 is 1. The molecule has 0 aliphatic carbocycles. The number of ether oxygens (including phenoxy) is 1. The summed E-state index contributed by atoms with van der Waals surface area (Å²) in [7, 11) is 1.70. The van der Waals surface area contributed by atoms with Gasteiger partial charge in [-0.05, 0) is 25.0 Å². The van der Waals surface area contributed by atoms with E-state index in [-0.39, 0.29) is 0 Å². The first kappa shape index (κ1) is 13.4. The SMILES string of the molecule is CC.COCCCc1ccc(Cl)cn1. The zero-order valence-electron chi connectivity index (χ0n) is 9.09. The largest absolute Gasteiger partial charge is 0.385 e. The van der Waals surface area contributed by atoms with E-state index in [1.165, 1.54) is 0 Å². The van der Waals surface area contributed by atoms with Gasteiger partial charge in [0.2, 0.25) is 0 Å². The van der Waals surface area contributed by atoms with Gasteiger partial charge in [0.05, 0.1) is 5.02 Å². The molecule has 0 aromatic carbocycles. The highest BCUT2D eigenvalue weighted by molar-refractivity contribution is 6.30. The molecular weight excluding hydrogens is 198 g/mol. The van der Waals surface area contributed by atoms with Crippen molar-refractivity contribution >= 4 is 11.6 Å². The Labute approximate surface area is 91.3 Å². The van der Waals surface area contributed by atoms with Crippen molar-refractivity contribution in [3.8, 4) is 0 Å². The van der Waals surface area contributed by atoms with Crippen LogP contribution in [-0.2, 0) is 11.2 Å². The van der Waals surface area contributed by atoms with E-state index in [2.05, 4.69) is 4.98 Å². The topological polar surface area (TPSA) is 22.1 Å². The van der Waals surface area contributed by atoms with Crippen LogP contribution in [0, 0.1) is 0 Å². The Balaban J connectivity index is 0.000000791. The molecule has 14 heavy (non-hydrogen) atoms. The molecule has 0 saturated carbocycles. The highest BCUT2D eigenvalue weighted by Gasteiger charge is 1.93. The molecule has 0 aliphatic rings. The molecule has 1 heterocycles. The molecule has 2 nitrogen and oxygen atoms in total. The molecule has 0 radical (unpaired) electrons. The van der Waals surface area contributed by atoms with Gasteiger partial charge in [-0.3, -0.25) is 4.98 Å². The third kappa shape index (κ3) is 5.95. The van der Waals surface area contributed by atoms with Gasteiger partial charge >= 0.3 is 0 Å². The summed E-state index contributed by atoms with van der Waals surface area (Å²) in [6.07, 6.45) is 3.62. The molecule has 0 saturated heterocycles. The summed E-state index contributed by atoms with van der Waals surface area (Å²) in [5.74, 6) is 0. The second-order valence-electron chi connectivity index (χ2n) is 2.56. The number of hydrogen-bond donors (Lipinski definition) is 0. The van der Waals surface area contributed by atoms with Crippen molar-refractivity contribution < 1.29 is 4.74 Å². The molecule has 0 fully saturated rings. The van der Waals surface area contributed by atoms with Crippen LogP contribution in [0.2, 0.25) is 5.02 Å². The molecule has 0 N–H and O–H groups in total. The average molecular weight is 216 g/mol. The summed E-state index contributed by atoms with van der Waals surface area (Å²) in [5.41, 5.74) is 1.07. The minimum absolute atomic E-state index is 0.686. The third-order valence-corrected chi connectivity index (χ3v) is 1.79. The Morgan fingerprint density at radius 2 is 2.07 bits per heavy atom. The maximum atomic E-state index is 5.69. The Kier molecular flexibility index (Phi) is 8.59. The van der Waals surface area contributed by atoms with E-state index in [9.17, 15) is 0 Å². The molecule has 0 unspecified atom stereocenters. The van der Waals surface area contributed by atoms with Gasteiger partial charge in [-0.2, -0.15) is 0 Å². The van der Waals surface area contributed by atoms with E-state index < -0.39 is 0 Å². The van der Waals surface area contributed by atoms with Crippen molar-refractivity contribution in [1.82, 2.24) is 4.98 Å². The summed E-state index contributed by atoms with van der Waals surface area (Å²) in [6, 6.07) is 3.80. The monoisotopic (exact) mass is 215 g/mol. The minimum Gasteiger partial charge on any atom is -0.385 e. The molecule has 1 aromatic rings. The van der Waals surface area contributed by atoms with Crippen LogP contribution in [0.25, 0.3) is 0 Å². The molecule has 1 rings (SSSR count). The van der Waals surface area contributed by atoms with Crippen LogP contribution in [0.3, 0.4) is 0 Å². The maximum Gasteiger partial charge on any atom is 0.0589 e. The van der Waals surface area contributed by atoms with Crippen LogP contribution >= 0.6 is 11.6 Å². The Hall–Kier alpha value is -0.600. The maximum absolute atomic E-state index is 5.69. The van der Waals surface area contributed by atoms with Gasteiger partial charge in [0.1, 0.15) is 0 Å². The lowest BCUT2D eigenvalue weighted by Gasteiger charge is -1.99. The van der Waals surface area contributed by atoms with Crippen molar-refractivity contribution in [1.29, 1.82) is 0 Å². The highest BCUT2D eigenvalue weighted by Crippen LogP contribution is 2.07. The molecule has 0 aliphatic heterocycles. The molecular formula is C11H18ClNO. The Morgan fingerprint density at radius 3 is 2.57 bits per heavy atom. The molecule has 0 atom stereocenters. The first-order chi connectivity index (χ1) is 6.83. The molecule has 80 valence electrons. The second-order valence-corrected chi connectivity index (χ2v) is 3.00. The lowest BCUT2D eigenvalue weighted by molar-refractivity contribution is 0.195. The highest BCUT2D eigenvalue weighted by atomic mass is 35.5. The number of aryl methyl sites for hydroxylation is 1. The van der Waals surface area contributed by atoms with Crippen LogP contribution < -0.4 is 0 Å². The zero-order chi connectivity index (χ0) is 10.8. The fourth-order valence-corrected chi connectivity index (χ4v) is 1.06. The second kappa shape index (κ2) is 8.97. The lowest BCUT2D eigenvalue weighted by atomic mass is 10.2. The van der Waals surface area contributed by atoms with Crippen LogP contribution in [0.5, 0.6) is 0 Å². The van der Waals surface area contributed by atoms with Crippen molar-refractivity contribution in [2.45, 2.75) is 26.7 Å². The van der Waals surface area contributed by atoms with Gasteiger partial charge in [-0.15, -0.1) is 0 Å². The predicted molar refractivity (Wildman–Crippen MR) is 60.8 cm³/mol. The summed E-state index contributed by atoms with van der Waals surface area (Å²) < 4.78 is 4.93. The number of pyridine rings is 1. The quantitative estimate of drug-likeness (QED) is 0.719. The van der Waals surface area contributed by atoms with E-state index >= 15 is 0 Å². The van der Waals surface area contributed by atoms with Crippen molar-refractivity contribution in [2.24, 2.45) is 0 Å². The van der Waals surface area contributed by atoms with Gasteiger partial charge in [-0.1, -0.05) is 25.4 Å². The average Bonchev–Trinajstić information content (AvgIpc) is 2.24. The molecule has 0 bridgehead atoms. The third-order valence-electron chi connectivity index (χ3n) is 1.57. The summed E-state index contributed by atoms with van der Waals surface area (Å²) in [6.45, 7) is 4.78. The van der Waals surface area contributed by atoms with E-state index in [0.29, 0.717) is 5.02 Å². The smallest absolute Gasteiger partial charge is 0.0589 e. The van der Waals surface area contributed by atoms with Crippen molar-refractivity contribution in [3.05, 3.63) is 29.0 Å². The van der Waals surface area contributed by atoms with Crippen LogP contribution in [0.1, 0.15) is 26.0 Å². The van der Waals surface area contributed by atoms with E-state index in [4.69, 9.17) is 16.3 Å². The van der Waals surface area contributed by atoms with Gasteiger partial charge in [-0.25, -0.2) is 0 Å². The normalized spacial score (nSPS) is 9.14. The predicted octanol–water partition coefficient (Wildman–Crippen LogP) is 3.34. The summed E-state index contributed by atoms with van der Waals surface area (Å²) in [4.78, 5) is 4.16. The first-order valence-electron chi connectivity index (χ1n) is 4.92. The zero-order valence-corrected chi connectivity index (χ0v) is 9.84. The minimum atomic E-state index is 0.686. The lowest BCUT2D eigenvalue weighted by Crippen LogP contribution is -1.94. The van der Waals surface area contributed by atoms with Crippen molar-refractivity contribution in [2.75, 3.05) is 13.7 Å². The fourth-order valence-electron chi connectivity index (χ4n) is 0.952. The molecule has 3 heteroatoms. The standard InChI is InChI=1S/C9H12ClNO.C2H6/c1-12-6-2-3-9-5-4-8(10)7-11-9;1-2/h4-5,7H,2-3,6H2,1H3;1-2H3. The van der Waals surface area contributed by atoms with Crippen LogP contribution in [-0.4, -0.2) is 18.7 Å². The number of aromatic nitrogens is 1. The molecule has 0 spiro atoms. The van der Waals surface area contributed by atoms with Crippen LogP contribution in [0.15, 0.2) is 18.3 Å². The number of rotatable bonds is 4. The van der Waals surface area contributed by atoms with Gasteiger partial charge in [0, 0.05) is 25.6 Å². The summed E-state index contributed by atoms with van der Waals surface area (Å²) in [5, 5.41) is 0.686. The Bertz CT molecular complexity index is 223. The van der Waals surface area contributed by atoms with E-state index in [0.717, 1.165) is 25.1 Å². The van der Waals surface area contributed by atoms with Crippen LogP contribution in [0.4, 0.5) is 0 Å². The van der Waals surface area contributed by atoms with E-state index in [1.807, 2.05) is 26.0 Å². The number of nitrogens with zero attached hydrogens (tertiary/aromatic N) is 1. The summed E-state index contributed by atoms with van der Waals surface area (Å²) >= 11 is 5.69. The van der Waals surface area contributed by atoms with E-state index in [1.54, 1.807) is 13.3 Å². The fraction of sp³-hybridized carbons (Fsp3) is 0.545. The molecule has 1 aromatic heterocycles.